The number of hydrogen-bond donors (Lipinski definition) is 6. The third-order valence-electron chi connectivity index (χ3n) is 9.59. The van der Waals surface area contributed by atoms with Crippen molar-refractivity contribution < 1.29 is 63.1 Å². The van der Waals surface area contributed by atoms with Crippen LogP contribution in [0.1, 0.15) is 136 Å². The van der Waals surface area contributed by atoms with E-state index in [1.54, 1.807) is 24.3 Å². The molecular formula is C42H73O13P. The second kappa shape index (κ2) is 32.7. The van der Waals surface area contributed by atoms with Gasteiger partial charge in [-0.2, -0.15) is 0 Å². The van der Waals surface area contributed by atoms with Crippen LogP contribution in [0, 0.1) is 11.8 Å². The topological polar surface area (TPSA) is 210 Å². The number of carbonyl (C=O) groups excluding carboxylic acids is 2. The van der Waals surface area contributed by atoms with Crippen LogP contribution in [0.2, 0.25) is 0 Å². The molecule has 0 bridgehead atoms. The van der Waals surface area contributed by atoms with Crippen molar-refractivity contribution >= 4 is 19.8 Å². The van der Waals surface area contributed by atoms with Gasteiger partial charge >= 0.3 is 19.8 Å². The van der Waals surface area contributed by atoms with Gasteiger partial charge in [0.2, 0.25) is 0 Å². The van der Waals surface area contributed by atoms with Crippen molar-refractivity contribution in [1.82, 2.24) is 0 Å². The predicted octanol–water partition coefficient (Wildman–Crippen LogP) is 6.93. The number of aliphatic hydroxyl groups excluding tert-OH is 5. The Morgan fingerprint density at radius 3 is 2.07 bits per heavy atom. The van der Waals surface area contributed by atoms with Crippen LogP contribution in [0.3, 0.4) is 0 Å². The molecule has 1 fully saturated rings. The van der Waals surface area contributed by atoms with Gasteiger partial charge in [0, 0.05) is 18.8 Å². The molecule has 0 aromatic carbocycles. The number of phosphoric acid groups is 1. The molecule has 0 aromatic rings. The van der Waals surface area contributed by atoms with Crippen LogP contribution in [0.15, 0.2) is 48.6 Å². The van der Waals surface area contributed by atoms with Crippen molar-refractivity contribution in [1.29, 1.82) is 0 Å². The molecule has 1 saturated carbocycles. The normalized spacial score (nSPS) is 21.6. The zero-order chi connectivity index (χ0) is 41.4. The molecule has 0 heterocycles. The SMILES string of the molecule is CCCCCC/C=C\C=C/CCCCCCCC(=O)O[C@H](COC(=O)C/C=C\C[C@H]1[C@@H](/C=C/[C@H](O)CCCCC)[C@H](O)C[C@@H]1O)COP(=O)(O)OC[C@@H](O)CO. The smallest absolute Gasteiger partial charge is 0.461 e. The molecule has 0 amide bonds. The standard InChI is InChI=1S/C42H73O13P/c1-3-5-7-8-9-10-11-12-13-14-15-16-17-18-20-26-42(49)55-36(33-54-56(50,51)53-31-35(45)30-43)32-52-41(48)25-22-21-24-37-38(40(47)29-39(37)46)28-27-34(44)23-19-6-4-2/h10-13,21-22,27-28,34-40,43-47H,3-9,14-20,23-26,29-33H2,1-2H3,(H,50,51)/b11-10-,13-12-,22-21-,28-27+/t34-,35+,36-,37+,38-,39+,40-/m1/s1. The fraction of sp³-hybridized carbons (Fsp3) is 0.762. The summed E-state index contributed by atoms with van der Waals surface area (Å²) in [6.45, 7) is 1.84. The molecular weight excluding hydrogens is 743 g/mol. The molecule has 0 saturated heterocycles. The summed E-state index contributed by atoms with van der Waals surface area (Å²) in [5.41, 5.74) is 0. The lowest BCUT2D eigenvalue weighted by Crippen LogP contribution is -2.29. The van der Waals surface area contributed by atoms with Gasteiger partial charge in [-0.1, -0.05) is 120 Å². The molecule has 1 aliphatic carbocycles. The minimum absolute atomic E-state index is 0.0990. The molecule has 0 spiro atoms. The van der Waals surface area contributed by atoms with Crippen molar-refractivity contribution in [2.75, 3.05) is 26.4 Å². The Hall–Kier alpha value is -2.19. The number of phosphoric ester groups is 1. The van der Waals surface area contributed by atoms with E-state index in [0.717, 1.165) is 57.8 Å². The second-order valence-electron chi connectivity index (χ2n) is 14.7. The number of carbonyl (C=O) groups is 2. The maximum atomic E-state index is 12.6. The van der Waals surface area contributed by atoms with E-state index in [4.69, 9.17) is 19.1 Å². The Kier molecular flexibility index (Phi) is 30.3. The quantitative estimate of drug-likeness (QED) is 0.0128. The van der Waals surface area contributed by atoms with E-state index in [9.17, 15) is 39.5 Å². The van der Waals surface area contributed by atoms with E-state index < -0.39 is 76.7 Å². The largest absolute Gasteiger partial charge is 0.472 e. The van der Waals surface area contributed by atoms with Crippen LogP contribution < -0.4 is 0 Å². The van der Waals surface area contributed by atoms with Crippen LogP contribution in [-0.4, -0.2) is 99.3 Å². The van der Waals surface area contributed by atoms with Crippen molar-refractivity contribution in [3.63, 3.8) is 0 Å². The summed E-state index contributed by atoms with van der Waals surface area (Å²) >= 11 is 0. The van der Waals surface area contributed by atoms with Crippen LogP contribution in [0.5, 0.6) is 0 Å². The molecule has 0 aromatic heterocycles. The van der Waals surface area contributed by atoms with Gasteiger partial charge < -0.3 is 39.9 Å². The highest BCUT2D eigenvalue weighted by Crippen LogP contribution is 2.43. The van der Waals surface area contributed by atoms with Gasteiger partial charge in [0.05, 0.1) is 44.6 Å². The first-order chi connectivity index (χ1) is 26.9. The van der Waals surface area contributed by atoms with E-state index in [0.29, 0.717) is 19.3 Å². The Labute approximate surface area is 335 Å². The maximum absolute atomic E-state index is 12.6. The van der Waals surface area contributed by atoms with Gasteiger partial charge in [0.1, 0.15) is 12.7 Å². The molecule has 13 nitrogen and oxygen atoms in total. The minimum atomic E-state index is -4.70. The third kappa shape index (κ3) is 26.7. The van der Waals surface area contributed by atoms with Gasteiger partial charge in [-0.3, -0.25) is 18.6 Å². The molecule has 0 aliphatic heterocycles. The molecule has 1 aliphatic rings. The van der Waals surface area contributed by atoms with E-state index in [-0.39, 0.29) is 31.1 Å². The maximum Gasteiger partial charge on any atom is 0.472 e. The number of unbranched alkanes of at least 4 members (excludes halogenated alkanes) is 11. The molecule has 8 atom stereocenters. The summed E-state index contributed by atoms with van der Waals surface area (Å²) in [5.74, 6) is -1.89. The first kappa shape index (κ1) is 51.8. The molecule has 1 unspecified atom stereocenters. The van der Waals surface area contributed by atoms with E-state index in [1.807, 2.05) is 0 Å². The second-order valence-corrected chi connectivity index (χ2v) is 16.1. The predicted molar refractivity (Wildman–Crippen MR) is 216 cm³/mol. The highest BCUT2D eigenvalue weighted by molar-refractivity contribution is 7.47. The van der Waals surface area contributed by atoms with Crippen LogP contribution in [0.4, 0.5) is 0 Å². The first-order valence-electron chi connectivity index (χ1n) is 20.9. The number of hydrogen-bond acceptors (Lipinski definition) is 12. The lowest BCUT2D eigenvalue weighted by atomic mass is 9.89. The summed E-state index contributed by atoms with van der Waals surface area (Å²) in [6.07, 6.45) is 26.4. The molecule has 324 valence electrons. The van der Waals surface area contributed by atoms with Gasteiger partial charge in [-0.25, -0.2) is 4.57 Å². The summed E-state index contributed by atoms with van der Waals surface area (Å²) in [5, 5.41) is 49.6. The fourth-order valence-corrected chi connectivity index (χ4v) is 7.04. The van der Waals surface area contributed by atoms with Crippen LogP contribution in [-0.2, 0) is 32.7 Å². The Morgan fingerprint density at radius 1 is 0.768 bits per heavy atom. The van der Waals surface area contributed by atoms with Gasteiger partial charge in [-0.15, -0.1) is 0 Å². The van der Waals surface area contributed by atoms with Crippen molar-refractivity contribution in [2.45, 2.75) is 166 Å². The number of aliphatic hydroxyl groups is 5. The summed E-state index contributed by atoms with van der Waals surface area (Å²) in [4.78, 5) is 35.2. The molecule has 0 radical (unpaired) electrons. The van der Waals surface area contributed by atoms with Gasteiger partial charge in [0.25, 0.3) is 0 Å². The fourth-order valence-electron chi connectivity index (χ4n) is 6.25. The van der Waals surface area contributed by atoms with E-state index >= 15 is 0 Å². The lowest BCUT2D eigenvalue weighted by molar-refractivity contribution is -0.160. The first-order valence-corrected chi connectivity index (χ1v) is 22.4. The summed E-state index contributed by atoms with van der Waals surface area (Å²) < 4.78 is 32.6. The Morgan fingerprint density at radius 2 is 1.39 bits per heavy atom. The zero-order valence-electron chi connectivity index (χ0n) is 33.9. The Balaban J connectivity index is 2.56. The lowest BCUT2D eigenvalue weighted by Gasteiger charge is -2.20. The number of esters is 2. The number of ether oxygens (including phenoxy) is 2. The molecule has 56 heavy (non-hydrogen) atoms. The average Bonchev–Trinajstić information content (AvgIpc) is 3.44. The van der Waals surface area contributed by atoms with E-state index in [1.165, 1.54) is 25.7 Å². The number of allylic oxidation sites excluding steroid dienone is 5. The molecule has 1 rings (SSSR count). The van der Waals surface area contributed by atoms with Crippen molar-refractivity contribution in [2.24, 2.45) is 11.8 Å². The van der Waals surface area contributed by atoms with E-state index in [2.05, 4.69) is 42.7 Å². The Bertz CT molecular complexity index is 1190. The highest BCUT2D eigenvalue weighted by Gasteiger charge is 2.39. The monoisotopic (exact) mass is 816 g/mol. The number of rotatable bonds is 34. The molecule has 6 N–H and O–H groups in total. The van der Waals surface area contributed by atoms with Crippen molar-refractivity contribution in [3.05, 3.63) is 48.6 Å². The summed E-state index contributed by atoms with van der Waals surface area (Å²) in [7, 11) is -4.70. The third-order valence-corrected chi connectivity index (χ3v) is 10.5. The van der Waals surface area contributed by atoms with Gasteiger partial charge in [-0.05, 0) is 50.9 Å². The van der Waals surface area contributed by atoms with Gasteiger partial charge in [0.15, 0.2) is 6.10 Å². The molecule has 14 heteroatoms. The average molecular weight is 817 g/mol. The minimum Gasteiger partial charge on any atom is -0.461 e. The van der Waals surface area contributed by atoms with Crippen molar-refractivity contribution in [3.8, 4) is 0 Å². The van der Waals surface area contributed by atoms with Crippen LogP contribution in [0.25, 0.3) is 0 Å². The summed E-state index contributed by atoms with van der Waals surface area (Å²) in [6, 6.07) is 0. The zero-order valence-corrected chi connectivity index (χ0v) is 34.8. The van der Waals surface area contributed by atoms with Crippen LogP contribution >= 0.6 is 7.82 Å². The highest BCUT2D eigenvalue weighted by atomic mass is 31.2.